The average molecular weight is 376 g/mol. The Labute approximate surface area is 155 Å². The molecule has 2 rings (SSSR count). The molecule has 2 amide bonds. The normalized spacial score (nSPS) is 10.5. The highest BCUT2D eigenvalue weighted by molar-refractivity contribution is 6.39. The van der Waals surface area contributed by atoms with Crippen LogP contribution in [-0.4, -0.2) is 32.2 Å². The van der Waals surface area contributed by atoms with E-state index in [1.54, 1.807) is 43.3 Å². The van der Waals surface area contributed by atoms with Crippen LogP contribution in [0.2, 0.25) is 5.02 Å². The highest BCUT2D eigenvalue weighted by Gasteiger charge is 2.14. The smallest absolute Gasteiger partial charge is 0.329 e. The van der Waals surface area contributed by atoms with Gasteiger partial charge in [0.25, 0.3) is 0 Å². The Kier molecular flexibility index (Phi) is 6.57. The zero-order valence-corrected chi connectivity index (χ0v) is 15.3. The molecular formula is C18H18ClN3O4. The summed E-state index contributed by atoms with van der Waals surface area (Å²) in [5.41, 5.74) is 3.98. The van der Waals surface area contributed by atoms with Gasteiger partial charge in [0, 0.05) is 16.3 Å². The number of nitrogens with one attached hydrogen (secondary N) is 2. The summed E-state index contributed by atoms with van der Waals surface area (Å²) in [6, 6.07) is 10.0. The van der Waals surface area contributed by atoms with Gasteiger partial charge in [-0.3, -0.25) is 9.59 Å². The average Bonchev–Trinajstić information content (AvgIpc) is 2.63. The molecule has 7 nitrogen and oxygen atoms in total. The molecule has 26 heavy (non-hydrogen) atoms. The van der Waals surface area contributed by atoms with Crippen molar-refractivity contribution in [2.75, 3.05) is 19.5 Å². The molecule has 8 heteroatoms. The van der Waals surface area contributed by atoms with Crippen LogP contribution in [0.3, 0.4) is 0 Å². The molecule has 0 spiro atoms. The van der Waals surface area contributed by atoms with Crippen LogP contribution in [0, 0.1) is 6.92 Å². The third kappa shape index (κ3) is 4.97. The monoisotopic (exact) mass is 375 g/mol. The lowest BCUT2D eigenvalue weighted by molar-refractivity contribution is -0.136. The zero-order chi connectivity index (χ0) is 19.1. The molecule has 0 bridgehead atoms. The maximum Gasteiger partial charge on any atom is 0.329 e. The number of carbonyl (C=O) groups is 2. The fourth-order valence-electron chi connectivity index (χ4n) is 2.10. The maximum absolute atomic E-state index is 11.9. The molecule has 0 saturated heterocycles. The zero-order valence-electron chi connectivity index (χ0n) is 14.5. The molecule has 0 atom stereocenters. The van der Waals surface area contributed by atoms with Crippen LogP contribution >= 0.6 is 11.6 Å². The minimum atomic E-state index is -0.905. The van der Waals surface area contributed by atoms with Gasteiger partial charge in [0.05, 0.1) is 20.4 Å². The van der Waals surface area contributed by atoms with Crippen molar-refractivity contribution in [2.24, 2.45) is 5.10 Å². The number of hydrogen-bond donors (Lipinski definition) is 2. The number of hydrogen-bond acceptors (Lipinski definition) is 5. The Balaban J connectivity index is 2.01. The van der Waals surface area contributed by atoms with Gasteiger partial charge in [-0.15, -0.1) is 0 Å². The predicted molar refractivity (Wildman–Crippen MR) is 100 cm³/mol. The molecular weight excluding hydrogens is 358 g/mol. The Morgan fingerprint density at radius 3 is 2.50 bits per heavy atom. The second kappa shape index (κ2) is 8.87. The highest BCUT2D eigenvalue weighted by atomic mass is 35.5. The van der Waals surface area contributed by atoms with Crippen molar-refractivity contribution in [3.63, 3.8) is 0 Å². The molecule has 0 aliphatic rings. The van der Waals surface area contributed by atoms with Crippen LogP contribution in [-0.2, 0) is 9.59 Å². The van der Waals surface area contributed by atoms with Gasteiger partial charge in [0.2, 0.25) is 0 Å². The molecule has 136 valence electrons. The first-order valence-electron chi connectivity index (χ1n) is 7.57. The molecule has 0 saturated carbocycles. The minimum Gasteiger partial charge on any atom is -0.497 e. The summed E-state index contributed by atoms with van der Waals surface area (Å²) >= 11 is 5.86. The molecule has 0 aliphatic heterocycles. The van der Waals surface area contributed by atoms with Gasteiger partial charge in [-0.2, -0.15) is 5.10 Å². The number of benzene rings is 2. The summed E-state index contributed by atoms with van der Waals surface area (Å²) in [5.74, 6) is -0.595. The van der Waals surface area contributed by atoms with Crippen molar-refractivity contribution in [1.29, 1.82) is 0 Å². The number of carbonyl (C=O) groups excluding carboxylic acids is 2. The molecule has 0 aromatic heterocycles. The van der Waals surface area contributed by atoms with E-state index in [-0.39, 0.29) is 0 Å². The van der Waals surface area contributed by atoms with Crippen molar-refractivity contribution in [3.8, 4) is 11.5 Å². The number of anilines is 1. The van der Waals surface area contributed by atoms with Crippen molar-refractivity contribution in [3.05, 3.63) is 52.5 Å². The van der Waals surface area contributed by atoms with Gasteiger partial charge >= 0.3 is 11.8 Å². The standard InChI is InChI=1S/C18H18ClN3O4/c1-11-8-13(19)4-6-15(11)21-17(23)18(24)22-20-10-12-9-14(25-2)5-7-16(12)26-3/h4-10H,1-3H3,(H,21,23)(H,22,24)/b20-10+. The fourth-order valence-corrected chi connectivity index (χ4v) is 2.32. The Bertz CT molecular complexity index is 852. The molecule has 2 aromatic carbocycles. The predicted octanol–water partition coefficient (Wildman–Crippen LogP) is 2.75. The summed E-state index contributed by atoms with van der Waals surface area (Å²) in [5, 5.41) is 6.82. The first-order valence-corrected chi connectivity index (χ1v) is 7.95. The second-order valence-electron chi connectivity index (χ2n) is 5.22. The van der Waals surface area contributed by atoms with E-state index in [2.05, 4.69) is 15.8 Å². The quantitative estimate of drug-likeness (QED) is 0.477. The summed E-state index contributed by atoms with van der Waals surface area (Å²) in [6.45, 7) is 1.77. The number of rotatable bonds is 5. The van der Waals surface area contributed by atoms with E-state index < -0.39 is 11.8 Å². The Hall–Kier alpha value is -3.06. The van der Waals surface area contributed by atoms with Crippen molar-refractivity contribution in [1.82, 2.24) is 5.43 Å². The van der Waals surface area contributed by atoms with Gasteiger partial charge < -0.3 is 14.8 Å². The van der Waals surface area contributed by atoms with Crippen LogP contribution in [0.15, 0.2) is 41.5 Å². The summed E-state index contributed by atoms with van der Waals surface area (Å²) in [6.07, 6.45) is 1.36. The summed E-state index contributed by atoms with van der Waals surface area (Å²) in [7, 11) is 3.05. The van der Waals surface area contributed by atoms with E-state index in [4.69, 9.17) is 21.1 Å². The van der Waals surface area contributed by atoms with Crippen molar-refractivity contribution in [2.45, 2.75) is 6.92 Å². The molecule has 0 aliphatic carbocycles. The third-order valence-electron chi connectivity index (χ3n) is 3.45. The maximum atomic E-state index is 11.9. The molecule has 0 unspecified atom stereocenters. The molecule has 2 aromatic rings. The molecule has 0 radical (unpaired) electrons. The van der Waals surface area contributed by atoms with Gasteiger partial charge in [0.15, 0.2) is 0 Å². The highest BCUT2D eigenvalue weighted by Crippen LogP contribution is 2.22. The summed E-state index contributed by atoms with van der Waals surface area (Å²) < 4.78 is 10.3. The topological polar surface area (TPSA) is 89.0 Å². The molecule has 2 N–H and O–H groups in total. The second-order valence-corrected chi connectivity index (χ2v) is 5.66. The lowest BCUT2D eigenvalue weighted by atomic mass is 10.2. The third-order valence-corrected chi connectivity index (χ3v) is 3.68. The molecule has 0 fully saturated rings. The Morgan fingerprint density at radius 1 is 1.08 bits per heavy atom. The number of aryl methyl sites for hydroxylation is 1. The largest absolute Gasteiger partial charge is 0.497 e. The van der Waals surface area contributed by atoms with E-state index in [9.17, 15) is 9.59 Å². The van der Waals surface area contributed by atoms with Gasteiger partial charge in [-0.1, -0.05) is 11.6 Å². The van der Waals surface area contributed by atoms with Crippen molar-refractivity contribution >= 4 is 35.3 Å². The first-order chi connectivity index (χ1) is 12.4. The van der Waals surface area contributed by atoms with Crippen LogP contribution in [0.5, 0.6) is 11.5 Å². The van der Waals surface area contributed by atoms with Crippen LogP contribution in [0.25, 0.3) is 0 Å². The van der Waals surface area contributed by atoms with E-state index in [0.717, 1.165) is 5.56 Å². The van der Waals surface area contributed by atoms with Gasteiger partial charge in [0.1, 0.15) is 11.5 Å². The van der Waals surface area contributed by atoms with Gasteiger partial charge in [-0.25, -0.2) is 5.43 Å². The SMILES string of the molecule is COc1ccc(OC)c(/C=N/NC(=O)C(=O)Nc2ccc(Cl)cc2C)c1. The lowest BCUT2D eigenvalue weighted by Crippen LogP contribution is -2.32. The number of nitrogens with zero attached hydrogens (tertiary/aromatic N) is 1. The molecule has 0 heterocycles. The lowest BCUT2D eigenvalue weighted by Gasteiger charge is -2.08. The van der Waals surface area contributed by atoms with Crippen LogP contribution in [0.4, 0.5) is 5.69 Å². The van der Waals surface area contributed by atoms with Gasteiger partial charge in [-0.05, 0) is 48.9 Å². The summed E-state index contributed by atoms with van der Waals surface area (Å²) in [4.78, 5) is 23.8. The number of hydrazone groups is 1. The van der Waals surface area contributed by atoms with E-state index in [1.807, 2.05) is 0 Å². The Morgan fingerprint density at radius 2 is 1.85 bits per heavy atom. The van der Waals surface area contributed by atoms with Crippen LogP contribution in [0.1, 0.15) is 11.1 Å². The number of amides is 2. The van der Waals surface area contributed by atoms with E-state index in [0.29, 0.717) is 27.8 Å². The van der Waals surface area contributed by atoms with Crippen LogP contribution < -0.4 is 20.2 Å². The fraction of sp³-hybridized carbons (Fsp3) is 0.167. The number of halogens is 1. The number of ether oxygens (including phenoxy) is 2. The van der Waals surface area contributed by atoms with E-state index in [1.165, 1.54) is 20.4 Å². The first kappa shape index (κ1) is 19.3. The number of methoxy groups -OCH3 is 2. The van der Waals surface area contributed by atoms with Crippen molar-refractivity contribution < 1.29 is 19.1 Å². The minimum absolute atomic E-state index is 0.494. The van der Waals surface area contributed by atoms with E-state index >= 15 is 0 Å².